The van der Waals surface area contributed by atoms with Crippen molar-refractivity contribution in [2.45, 2.75) is 19.6 Å². The van der Waals surface area contributed by atoms with Crippen LogP contribution in [0.1, 0.15) is 24.2 Å². The molecule has 0 spiro atoms. The first kappa shape index (κ1) is 10.0. The molecule has 0 saturated heterocycles. The van der Waals surface area contributed by atoms with Gasteiger partial charge in [0.25, 0.3) is 5.91 Å². The van der Waals surface area contributed by atoms with Crippen LogP contribution in [0.3, 0.4) is 0 Å². The number of amides is 1. The highest BCUT2D eigenvalue weighted by molar-refractivity contribution is 6.29. The van der Waals surface area contributed by atoms with Gasteiger partial charge in [-0.25, -0.2) is 4.79 Å². The maximum absolute atomic E-state index is 11.5. The van der Waals surface area contributed by atoms with Crippen molar-refractivity contribution in [1.82, 2.24) is 5.32 Å². The van der Waals surface area contributed by atoms with Crippen LogP contribution < -0.4 is 15.7 Å². The Bertz CT molecular complexity index is 491. The number of fused-ring (bicyclic) bond motifs is 1. The molecule has 0 aromatic carbocycles. The summed E-state index contributed by atoms with van der Waals surface area (Å²) in [4.78, 5) is 22.9. The lowest BCUT2D eigenvalue weighted by molar-refractivity contribution is 0.0420. The van der Waals surface area contributed by atoms with E-state index in [9.17, 15) is 9.59 Å². The van der Waals surface area contributed by atoms with Gasteiger partial charge in [-0.05, 0) is 25.4 Å². The molecular weight excluding hydrogens is 222 g/mol. The van der Waals surface area contributed by atoms with Gasteiger partial charge >= 0.3 is 5.63 Å². The van der Waals surface area contributed by atoms with Gasteiger partial charge in [-0.2, -0.15) is 0 Å². The van der Waals surface area contributed by atoms with Crippen molar-refractivity contribution in [3.05, 3.63) is 27.3 Å². The Morgan fingerprint density at radius 1 is 1.40 bits per heavy atom. The van der Waals surface area contributed by atoms with Crippen molar-refractivity contribution >= 4 is 17.5 Å². The van der Waals surface area contributed by atoms with E-state index in [0.717, 1.165) is 0 Å². The van der Waals surface area contributed by atoms with E-state index < -0.39 is 17.3 Å². The Hall–Kier alpha value is -1.49. The molecule has 0 radical (unpaired) electrons. The van der Waals surface area contributed by atoms with E-state index in [1.54, 1.807) is 13.8 Å². The smallest absolute Gasteiger partial charge is 0.353 e. The summed E-state index contributed by atoms with van der Waals surface area (Å²) in [5.74, 6) is -0.378. The summed E-state index contributed by atoms with van der Waals surface area (Å²) in [6.07, 6.45) is 0. The molecule has 80 valence electrons. The zero-order valence-corrected chi connectivity index (χ0v) is 8.84. The minimum absolute atomic E-state index is 0.107. The first-order valence-corrected chi connectivity index (χ1v) is 4.62. The lowest BCUT2D eigenvalue weighted by Crippen LogP contribution is -2.52. The normalized spacial score (nSPS) is 17.7. The first-order chi connectivity index (χ1) is 6.89. The van der Waals surface area contributed by atoms with Crippen LogP contribution in [0.15, 0.2) is 15.3 Å². The zero-order chi connectivity index (χ0) is 11.2. The van der Waals surface area contributed by atoms with E-state index in [2.05, 4.69) is 9.73 Å². The van der Waals surface area contributed by atoms with Crippen LogP contribution in [-0.2, 0) is 0 Å². The number of hydrogen-bond donors (Lipinski definition) is 1. The Balaban J connectivity index is 2.65. The average Bonchev–Trinajstić information content (AvgIpc) is 1.97. The third-order valence-corrected chi connectivity index (χ3v) is 2.08. The molecule has 0 unspecified atom stereocenters. The number of hydrogen-bond acceptors (Lipinski definition) is 4. The lowest BCUT2D eigenvalue weighted by Gasteiger charge is -2.32. The fourth-order valence-electron chi connectivity index (χ4n) is 1.37. The highest BCUT2D eigenvalue weighted by Gasteiger charge is 2.34. The van der Waals surface area contributed by atoms with Gasteiger partial charge in [0.2, 0.25) is 5.22 Å². The van der Waals surface area contributed by atoms with Crippen LogP contribution in [0.4, 0.5) is 0 Å². The highest BCUT2D eigenvalue weighted by Crippen LogP contribution is 2.27. The third kappa shape index (κ3) is 1.70. The van der Waals surface area contributed by atoms with Gasteiger partial charge in [-0.1, -0.05) is 0 Å². The van der Waals surface area contributed by atoms with Crippen molar-refractivity contribution in [1.29, 1.82) is 0 Å². The summed E-state index contributed by atoms with van der Waals surface area (Å²) >= 11 is 5.54. The fraction of sp³-hybridized carbons (Fsp3) is 0.333. The van der Waals surface area contributed by atoms with E-state index in [1.807, 2.05) is 0 Å². The zero-order valence-electron chi connectivity index (χ0n) is 8.09. The molecule has 2 heterocycles. The molecule has 2 rings (SSSR count). The largest absolute Gasteiger partial charge is 0.467 e. The molecule has 0 aliphatic carbocycles. The molecule has 1 amide bonds. The van der Waals surface area contributed by atoms with Gasteiger partial charge in [0.1, 0.15) is 5.75 Å². The van der Waals surface area contributed by atoms with Crippen molar-refractivity contribution in [2.75, 3.05) is 0 Å². The Labute approximate surface area is 90.0 Å². The van der Waals surface area contributed by atoms with E-state index in [1.165, 1.54) is 6.07 Å². The standard InChI is InChI=1S/C9H8ClNO4/c1-9(2)11-7(12)6-4(15-9)3-5(10)14-8(6)13/h3H,1-2H3,(H,11,12). The summed E-state index contributed by atoms with van der Waals surface area (Å²) in [6.45, 7) is 3.33. The predicted molar refractivity (Wildman–Crippen MR) is 52.2 cm³/mol. The number of halogens is 1. The lowest BCUT2D eigenvalue weighted by atomic mass is 10.1. The molecule has 1 aromatic rings. The summed E-state index contributed by atoms with van der Waals surface area (Å²) in [7, 11) is 0. The number of rotatable bonds is 0. The number of nitrogens with one attached hydrogen (secondary N) is 1. The van der Waals surface area contributed by atoms with Crippen LogP contribution in [0.2, 0.25) is 5.22 Å². The van der Waals surface area contributed by atoms with Crippen molar-refractivity contribution < 1.29 is 13.9 Å². The van der Waals surface area contributed by atoms with Crippen molar-refractivity contribution in [2.24, 2.45) is 0 Å². The second-order valence-electron chi connectivity index (χ2n) is 3.64. The third-order valence-electron chi connectivity index (χ3n) is 1.89. The molecule has 0 fully saturated rings. The van der Waals surface area contributed by atoms with Crippen LogP contribution in [0.25, 0.3) is 0 Å². The van der Waals surface area contributed by atoms with Crippen molar-refractivity contribution in [3.8, 4) is 5.75 Å². The van der Waals surface area contributed by atoms with Crippen LogP contribution in [0, 0.1) is 0 Å². The minimum Gasteiger partial charge on any atom is -0.467 e. The Morgan fingerprint density at radius 2 is 2.07 bits per heavy atom. The van der Waals surface area contributed by atoms with Crippen LogP contribution in [-0.4, -0.2) is 11.6 Å². The van der Waals surface area contributed by atoms with Crippen molar-refractivity contribution in [3.63, 3.8) is 0 Å². The van der Waals surface area contributed by atoms with Gasteiger partial charge in [-0.15, -0.1) is 0 Å². The van der Waals surface area contributed by atoms with Gasteiger partial charge in [0.05, 0.1) is 0 Å². The predicted octanol–water partition coefficient (Wildman–Crippen LogP) is 1.15. The second-order valence-corrected chi connectivity index (χ2v) is 4.02. The maximum atomic E-state index is 11.5. The van der Waals surface area contributed by atoms with E-state index in [4.69, 9.17) is 16.3 Å². The van der Waals surface area contributed by atoms with Crippen LogP contribution in [0.5, 0.6) is 5.75 Å². The topological polar surface area (TPSA) is 68.5 Å². The van der Waals surface area contributed by atoms with Gasteiger partial charge in [-0.3, -0.25) is 4.79 Å². The van der Waals surface area contributed by atoms with Gasteiger partial charge in [0.15, 0.2) is 11.3 Å². The summed E-state index contributed by atoms with van der Waals surface area (Å²) in [5, 5.41) is 2.40. The number of carbonyl (C=O) groups excluding carboxylic acids is 1. The number of ether oxygens (including phenoxy) is 1. The monoisotopic (exact) mass is 229 g/mol. The highest BCUT2D eigenvalue weighted by atomic mass is 35.5. The molecule has 0 atom stereocenters. The van der Waals surface area contributed by atoms with E-state index in [-0.39, 0.29) is 16.5 Å². The van der Waals surface area contributed by atoms with E-state index >= 15 is 0 Å². The number of carbonyl (C=O) groups is 1. The van der Waals surface area contributed by atoms with Crippen LogP contribution >= 0.6 is 11.6 Å². The molecule has 0 saturated carbocycles. The molecule has 5 nitrogen and oxygen atoms in total. The Kier molecular flexibility index (Phi) is 2.01. The summed E-state index contributed by atoms with van der Waals surface area (Å²) < 4.78 is 9.96. The molecule has 1 aliphatic rings. The Morgan fingerprint density at radius 3 is 2.73 bits per heavy atom. The molecule has 1 aliphatic heterocycles. The SMILES string of the molecule is CC1(C)NC(=O)c2c(cc(Cl)oc2=O)O1. The van der Waals surface area contributed by atoms with Gasteiger partial charge in [0, 0.05) is 6.07 Å². The quantitative estimate of drug-likeness (QED) is 0.725. The fourth-order valence-corrected chi connectivity index (χ4v) is 1.54. The summed E-state index contributed by atoms with van der Waals surface area (Å²) in [6, 6.07) is 1.30. The van der Waals surface area contributed by atoms with Gasteiger partial charge < -0.3 is 14.5 Å². The minimum atomic E-state index is -0.860. The molecule has 1 N–H and O–H groups in total. The second kappa shape index (κ2) is 3.00. The first-order valence-electron chi connectivity index (χ1n) is 4.24. The molecule has 0 bridgehead atoms. The molecule has 15 heavy (non-hydrogen) atoms. The molecular formula is C9H8ClNO4. The molecule has 6 heteroatoms. The maximum Gasteiger partial charge on any atom is 0.353 e. The van der Waals surface area contributed by atoms with E-state index in [0.29, 0.717) is 0 Å². The summed E-state index contributed by atoms with van der Waals surface area (Å²) in [5.41, 5.74) is -1.81. The molecule has 1 aromatic heterocycles. The average molecular weight is 230 g/mol.